The van der Waals surface area contributed by atoms with E-state index in [-0.39, 0.29) is 5.91 Å². The van der Waals surface area contributed by atoms with Crippen molar-refractivity contribution in [2.45, 2.75) is 19.8 Å². The summed E-state index contributed by atoms with van der Waals surface area (Å²) < 4.78 is 5.32. The Balaban J connectivity index is 2.19. The normalized spacial score (nSPS) is 10.2. The number of nitrogens with zero attached hydrogens (tertiary/aromatic N) is 1. The highest BCUT2D eigenvalue weighted by Gasteiger charge is 2.05. The number of hydrogen-bond donors (Lipinski definition) is 2. The molecular formula is C12H19N3O2. The summed E-state index contributed by atoms with van der Waals surface area (Å²) in [6.07, 6.45) is 3.63. The molecule has 0 spiro atoms. The molecule has 0 aliphatic heterocycles. The molecule has 0 atom stereocenters. The highest BCUT2D eigenvalue weighted by molar-refractivity contribution is 5.92. The van der Waals surface area contributed by atoms with E-state index in [1.54, 1.807) is 12.1 Å². The fraction of sp³-hybridized carbons (Fsp3) is 0.500. The van der Waals surface area contributed by atoms with Gasteiger partial charge in [-0.3, -0.25) is 4.79 Å². The molecule has 94 valence electrons. The molecule has 1 rings (SSSR count). The first-order valence-corrected chi connectivity index (χ1v) is 5.81. The van der Waals surface area contributed by atoms with Crippen molar-refractivity contribution in [2.24, 2.45) is 0 Å². The topological polar surface area (TPSA) is 77.2 Å². The lowest BCUT2D eigenvalue weighted by atomic mass is 10.3. The average molecular weight is 237 g/mol. The van der Waals surface area contributed by atoms with Crippen LogP contribution < -0.4 is 11.1 Å². The summed E-state index contributed by atoms with van der Waals surface area (Å²) in [4.78, 5) is 15.5. The van der Waals surface area contributed by atoms with E-state index in [2.05, 4.69) is 17.2 Å². The van der Waals surface area contributed by atoms with Gasteiger partial charge in [-0.05, 0) is 18.6 Å². The zero-order chi connectivity index (χ0) is 12.5. The minimum absolute atomic E-state index is 0.205. The van der Waals surface area contributed by atoms with Gasteiger partial charge in [0, 0.05) is 13.2 Å². The molecule has 0 aromatic carbocycles. The van der Waals surface area contributed by atoms with Crippen molar-refractivity contribution < 1.29 is 9.53 Å². The summed E-state index contributed by atoms with van der Waals surface area (Å²) in [6.45, 7) is 3.87. The van der Waals surface area contributed by atoms with Gasteiger partial charge in [0.1, 0.15) is 5.69 Å². The van der Waals surface area contributed by atoms with E-state index in [0.717, 1.165) is 19.4 Å². The van der Waals surface area contributed by atoms with Gasteiger partial charge in [0.25, 0.3) is 5.91 Å². The molecule has 3 N–H and O–H groups in total. The van der Waals surface area contributed by atoms with Crippen molar-refractivity contribution in [1.29, 1.82) is 0 Å². The highest BCUT2D eigenvalue weighted by atomic mass is 16.5. The van der Waals surface area contributed by atoms with Crippen LogP contribution in [-0.4, -0.2) is 30.6 Å². The van der Waals surface area contributed by atoms with Crippen LogP contribution in [0.2, 0.25) is 0 Å². The molecule has 0 saturated carbocycles. The maximum Gasteiger partial charge on any atom is 0.269 e. The molecule has 0 bridgehead atoms. The largest absolute Gasteiger partial charge is 0.397 e. The Kier molecular flexibility index (Phi) is 6.03. The van der Waals surface area contributed by atoms with Crippen molar-refractivity contribution in [3.8, 4) is 0 Å². The van der Waals surface area contributed by atoms with Crippen LogP contribution in [0.1, 0.15) is 30.3 Å². The molecular weight excluding hydrogens is 218 g/mol. The summed E-state index contributed by atoms with van der Waals surface area (Å²) >= 11 is 0. The van der Waals surface area contributed by atoms with E-state index in [9.17, 15) is 4.79 Å². The van der Waals surface area contributed by atoms with Gasteiger partial charge in [-0.25, -0.2) is 4.98 Å². The molecule has 1 heterocycles. The van der Waals surface area contributed by atoms with Crippen molar-refractivity contribution in [3.63, 3.8) is 0 Å². The van der Waals surface area contributed by atoms with Crippen molar-refractivity contribution in [3.05, 3.63) is 24.0 Å². The van der Waals surface area contributed by atoms with Gasteiger partial charge in [0.15, 0.2) is 0 Å². The first kappa shape index (κ1) is 13.4. The predicted octanol–water partition coefficient (Wildman–Crippen LogP) is 1.21. The number of unbranched alkanes of at least 4 members (excludes halogenated alkanes) is 1. The first-order valence-electron chi connectivity index (χ1n) is 5.81. The Morgan fingerprint density at radius 1 is 1.47 bits per heavy atom. The van der Waals surface area contributed by atoms with Crippen LogP contribution in [0.15, 0.2) is 18.3 Å². The number of pyridine rings is 1. The Morgan fingerprint density at radius 2 is 2.29 bits per heavy atom. The number of rotatable bonds is 7. The third kappa shape index (κ3) is 5.31. The van der Waals surface area contributed by atoms with Crippen LogP contribution in [0.25, 0.3) is 0 Å². The summed E-state index contributed by atoms with van der Waals surface area (Å²) in [6, 6.07) is 3.25. The van der Waals surface area contributed by atoms with E-state index >= 15 is 0 Å². The molecule has 0 fully saturated rings. The number of aromatic nitrogens is 1. The van der Waals surface area contributed by atoms with Gasteiger partial charge in [-0.1, -0.05) is 13.3 Å². The van der Waals surface area contributed by atoms with Crippen LogP contribution in [0.4, 0.5) is 5.69 Å². The van der Waals surface area contributed by atoms with Gasteiger partial charge < -0.3 is 15.8 Å². The van der Waals surface area contributed by atoms with Crippen LogP contribution in [0.5, 0.6) is 0 Å². The van der Waals surface area contributed by atoms with Crippen molar-refractivity contribution in [2.75, 3.05) is 25.5 Å². The number of nitrogen functional groups attached to an aromatic ring is 1. The number of anilines is 1. The predicted molar refractivity (Wildman–Crippen MR) is 66.7 cm³/mol. The molecule has 0 saturated heterocycles. The molecule has 0 radical (unpaired) electrons. The van der Waals surface area contributed by atoms with Gasteiger partial charge >= 0.3 is 0 Å². The monoisotopic (exact) mass is 237 g/mol. The minimum atomic E-state index is -0.205. The van der Waals surface area contributed by atoms with E-state index in [4.69, 9.17) is 10.5 Å². The molecule has 0 unspecified atom stereocenters. The quantitative estimate of drug-likeness (QED) is 0.699. The van der Waals surface area contributed by atoms with E-state index in [0.29, 0.717) is 24.5 Å². The molecule has 17 heavy (non-hydrogen) atoms. The minimum Gasteiger partial charge on any atom is -0.397 e. The number of amides is 1. The van der Waals surface area contributed by atoms with Crippen molar-refractivity contribution >= 4 is 11.6 Å². The molecule has 1 aromatic heterocycles. The Hall–Kier alpha value is -1.62. The zero-order valence-electron chi connectivity index (χ0n) is 10.1. The van der Waals surface area contributed by atoms with Crippen LogP contribution in [0, 0.1) is 0 Å². The first-order chi connectivity index (χ1) is 8.24. The molecule has 0 aliphatic rings. The number of carbonyl (C=O) groups is 1. The fourth-order valence-electron chi connectivity index (χ4n) is 1.22. The lowest BCUT2D eigenvalue weighted by Gasteiger charge is -2.05. The fourth-order valence-corrected chi connectivity index (χ4v) is 1.22. The summed E-state index contributed by atoms with van der Waals surface area (Å²) in [7, 11) is 0. The maximum absolute atomic E-state index is 11.6. The molecule has 5 nitrogen and oxygen atoms in total. The van der Waals surface area contributed by atoms with Gasteiger partial charge in [0.05, 0.1) is 18.5 Å². The number of nitrogens with two attached hydrogens (primary N) is 1. The molecule has 0 aliphatic carbocycles. The Morgan fingerprint density at radius 3 is 2.94 bits per heavy atom. The lowest BCUT2D eigenvalue weighted by molar-refractivity contribution is 0.0908. The molecule has 1 aromatic rings. The SMILES string of the molecule is CCCCOCCNC(=O)c1ccc(N)cn1. The number of hydrogen-bond acceptors (Lipinski definition) is 4. The smallest absolute Gasteiger partial charge is 0.269 e. The van der Waals surface area contributed by atoms with Crippen molar-refractivity contribution in [1.82, 2.24) is 10.3 Å². The van der Waals surface area contributed by atoms with Crippen LogP contribution in [-0.2, 0) is 4.74 Å². The van der Waals surface area contributed by atoms with E-state index < -0.39 is 0 Å². The van der Waals surface area contributed by atoms with E-state index in [1.165, 1.54) is 6.20 Å². The molecule has 5 heteroatoms. The molecule has 1 amide bonds. The van der Waals surface area contributed by atoms with Gasteiger partial charge in [-0.2, -0.15) is 0 Å². The third-order valence-corrected chi connectivity index (χ3v) is 2.19. The maximum atomic E-state index is 11.6. The standard InChI is InChI=1S/C12H19N3O2/c1-2-3-7-17-8-6-14-12(16)11-5-4-10(13)9-15-11/h4-5,9H,2-3,6-8,13H2,1H3,(H,14,16). The highest BCUT2D eigenvalue weighted by Crippen LogP contribution is 2.00. The second kappa shape index (κ2) is 7.62. The summed E-state index contributed by atoms with van der Waals surface area (Å²) in [5, 5.41) is 2.73. The van der Waals surface area contributed by atoms with Crippen LogP contribution >= 0.6 is 0 Å². The second-order valence-corrected chi connectivity index (χ2v) is 3.70. The summed E-state index contributed by atoms with van der Waals surface area (Å²) in [5.41, 5.74) is 6.39. The number of ether oxygens (including phenoxy) is 1. The number of nitrogens with one attached hydrogen (secondary N) is 1. The third-order valence-electron chi connectivity index (χ3n) is 2.19. The van der Waals surface area contributed by atoms with Gasteiger partial charge in [0.2, 0.25) is 0 Å². The zero-order valence-corrected chi connectivity index (χ0v) is 10.1. The Bertz CT molecular complexity index is 338. The summed E-state index contributed by atoms with van der Waals surface area (Å²) in [5.74, 6) is -0.205. The van der Waals surface area contributed by atoms with Gasteiger partial charge in [-0.15, -0.1) is 0 Å². The lowest BCUT2D eigenvalue weighted by Crippen LogP contribution is -2.28. The van der Waals surface area contributed by atoms with Crippen LogP contribution in [0.3, 0.4) is 0 Å². The average Bonchev–Trinajstić information content (AvgIpc) is 2.34. The van der Waals surface area contributed by atoms with E-state index in [1.807, 2.05) is 0 Å². The Labute approximate surface area is 101 Å². The number of carbonyl (C=O) groups excluding carboxylic acids is 1. The second-order valence-electron chi connectivity index (χ2n) is 3.70.